The molecule has 1 aromatic carbocycles. The molecule has 0 aliphatic heterocycles. The van der Waals surface area contributed by atoms with E-state index in [-0.39, 0.29) is 0 Å². The zero-order chi connectivity index (χ0) is 10.6. The summed E-state index contributed by atoms with van der Waals surface area (Å²) in [5.74, 6) is -0.606. The fraction of sp³-hybridized carbons (Fsp3) is 0.182. The highest BCUT2D eigenvalue weighted by atomic mass is 35.5. The molecule has 0 aliphatic rings. The number of halogens is 1. The molecule has 1 rings (SSSR count). The normalized spacial score (nSPS) is 11.4. The molecule has 0 amide bonds. The van der Waals surface area contributed by atoms with Crippen LogP contribution in [0.1, 0.15) is 18.1 Å². The van der Waals surface area contributed by atoms with Gasteiger partial charge < -0.3 is 5.11 Å². The van der Waals surface area contributed by atoms with Crippen LogP contribution in [0.5, 0.6) is 0 Å². The number of hydrogen-bond acceptors (Lipinski definition) is 1. The summed E-state index contributed by atoms with van der Waals surface area (Å²) in [7, 11) is 0. The maximum absolute atomic E-state index is 10.9. The minimum atomic E-state index is -0.926. The Morgan fingerprint density at radius 3 is 2.64 bits per heavy atom. The molecule has 0 atom stereocenters. The second-order valence-corrected chi connectivity index (χ2v) is 3.07. The van der Waals surface area contributed by atoms with Gasteiger partial charge in [-0.05, 0) is 18.1 Å². The van der Waals surface area contributed by atoms with Crippen LogP contribution in [0.25, 0.3) is 5.57 Å². The molecule has 0 aromatic heterocycles. The molecule has 0 heterocycles. The second kappa shape index (κ2) is 4.82. The molecular weight excluding hydrogens is 200 g/mol. The number of allylic oxidation sites excluding steroid dienone is 1. The van der Waals surface area contributed by atoms with Crippen molar-refractivity contribution in [1.82, 2.24) is 0 Å². The van der Waals surface area contributed by atoms with Crippen LogP contribution in [0.15, 0.2) is 30.3 Å². The molecule has 1 N–H and O–H groups in total. The van der Waals surface area contributed by atoms with Crippen LogP contribution in [-0.2, 0) is 10.7 Å². The molecule has 0 bridgehead atoms. The minimum absolute atomic E-state index is 0.293. The molecule has 2 nitrogen and oxygen atoms in total. The summed E-state index contributed by atoms with van der Waals surface area (Å²) in [4.78, 5) is 10.9. The summed E-state index contributed by atoms with van der Waals surface area (Å²) in [6, 6.07) is 7.24. The molecule has 0 unspecified atom stereocenters. The van der Waals surface area contributed by atoms with E-state index in [2.05, 4.69) is 0 Å². The zero-order valence-corrected chi connectivity index (χ0v) is 8.58. The summed E-state index contributed by atoms with van der Waals surface area (Å²) < 4.78 is 0. The van der Waals surface area contributed by atoms with Crippen LogP contribution in [0, 0.1) is 0 Å². The van der Waals surface area contributed by atoms with Crippen molar-refractivity contribution >= 4 is 23.1 Å². The maximum atomic E-state index is 10.9. The zero-order valence-electron chi connectivity index (χ0n) is 7.83. The summed E-state index contributed by atoms with van der Waals surface area (Å²) in [6.45, 7) is 1.70. The number of carboxylic acid groups (broad SMARTS) is 1. The van der Waals surface area contributed by atoms with Crippen molar-refractivity contribution in [3.05, 3.63) is 41.5 Å². The first-order chi connectivity index (χ1) is 6.70. The predicted molar refractivity (Wildman–Crippen MR) is 57.3 cm³/mol. The van der Waals surface area contributed by atoms with E-state index in [0.29, 0.717) is 17.0 Å². The molecule has 0 fully saturated rings. The van der Waals surface area contributed by atoms with Crippen LogP contribution in [0.3, 0.4) is 0 Å². The third-order valence-corrected chi connectivity index (χ3v) is 2.26. The Morgan fingerprint density at radius 1 is 1.50 bits per heavy atom. The lowest BCUT2D eigenvalue weighted by Crippen LogP contribution is -2.01. The number of rotatable bonds is 3. The van der Waals surface area contributed by atoms with Gasteiger partial charge in [-0.1, -0.05) is 30.3 Å². The van der Waals surface area contributed by atoms with Crippen molar-refractivity contribution in [3.63, 3.8) is 0 Å². The number of carbonyl (C=O) groups is 1. The highest BCUT2D eigenvalue weighted by Gasteiger charge is 2.11. The Hall–Kier alpha value is -1.28. The van der Waals surface area contributed by atoms with E-state index >= 15 is 0 Å². The summed E-state index contributed by atoms with van der Waals surface area (Å²) in [5.41, 5.74) is 1.82. The van der Waals surface area contributed by atoms with Crippen molar-refractivity contribution in [2.45, 2.75) is 12.8 Å². The van der Waals surface area contributed by atoms with Crippen LogP contribution in [0.2, 0.25) is 0 Å². The van der Waals surface area contributed by atoms with E-state index in [4.69, 9.17) is 16.7 Å². The molecule has 0 spiro atoms. The SMILES string of the molecule is CC=C(C(=O)O)c1ccccc1CCl. The fourth-order valence-corrected chi connectivity index (χ4v) is 1.53. The van der Waals surface area contributed by atoms with E-state index < -0.39 is 5.97 Å². The van der Waals surface area contributed by atoms with Crippen LogP contribution in [-0.4, -0.2) is 11.1 Å². The van der Waals surface area contributed by atoms with E-state index in [1.165, 1.54) is 0 Å². The number of benzene rings is 1. The highest BCUT2D eigenvalue weighted by molar-refractivity contribution is 6.19. The lowest BCUT2D eigenvalue weighted by atomic mass is 10.0. The van der Waals surface area contributed by atoms with Gasteiger partial charge in [-0.25, -0.2) is 4.79 Å². The van der Waals surface area contributed by atoms with E-state index in [1.807, 2.05) is 12.1 Å². The first-order valence-corrected chi connectivity index (χ1v) is 4.78. The Bertz CT molecular complexity index is 369. The van der Waals surface area contributed by atoms with Gasteiger partial charge in [-0.3, -0.25) is 0 Å². The highest BCUT2D eigenvalue weighted by Crippen LogP contribution is 2.20. The van der Waals surface area contributed by atoms with Gasteiger partial charge >= 0.3 is 5.97 Å². The molecule has 74 valence electrons. The lowest BCUT2D eigenvalue weighted by Gasteiger charge is -2.06. The first kappa shape index (κ1) is 10.8. The van der Waals surface area contributed by atoms with E-state index in [9.17, 15) is 4.79 Å². The Labute approximate surface area is 87.8 Å². The van der Waals surface area contributed by atoms with Crippen molar-refractivity contribution in [2.24, 2.45) is 0 Å². The third-order valence-electron chi connectivity index (χ3n) is 1.97. The van der Waals surface area contributed by atoms with Gasteiger partial charge in [-0.2, -0.15) is 0 Å². The molecule has 0 radical (unpaired) electrons. The Kier molecular flexibility index (Phi) is 3.72. The van der Waals surface area contributed by atoms with Gasteiger partial charge in [0.05, 0.1) is 5.57 Å². The van der Waals surface area contributed by atoms with Gasteiger partial charge in [0.15, 0.2) is 0 Å². The largest absolute Gasteiger partial charge is 0.478 e. The molecule has 0 saturated heterocycles. The second-order valence-electron chi connectivity index (χ2n) is 2.80. The van der Waals surface area contributed by atoms with Crippen LogP contribution in [0.4, 0.5) is 0 Å². The number of aliphatic carboxylic acids is 1. The standard InChI is InChI=1S/C11H11ClO2/c1-2-9(11(13)14)10-6-4-3-5-8(10)7-12/h2-6H,7H2,1H3,(H,13,14). The predicted octanol–water partition coefficient (Wildman–Crippen LogP) is 2.91. The molecule has 0 aliphatic carbocycles. The van der Waals surface area contributed by atoms with Gasteiger partial charge in [0.1, 0.15) is 0 Å². The van der Waals surface area contributed by atoms with Gasteiger partial charge in [0.25, 0.3) is 0 Å². The maximum Gasteiger partial charge on any atom is 0.335 e. The monoisotopic (exact) mass is 210 g/mol. The van der Waals surface area contributed by atoms with Crippen molar-refractivity contribution in [3.8, 4) is 0 Å². The fourth-order valence-electron chi connectivity index (χ4n) is 1.29. The average molecular weight is 211 g/mol. The minimum Gasteiger partial charge on any atom is -0.478 e. The number of carboxylic acids is 1. The average Bonchev–Trinajstić information content (AvgIpc) is 2.19. The summed E-state index contributed by atoms with van der Waals surface area (Å²) in [6.07, 6.45) is 1.58. The molecule has 3 heteroatoms. The van der Waals surface area contributed by atoms with Crippen molar-refractivity contribution < 1.29 is 9.90 Å². The molecule has 14 heavy (non-hydrogen) atoms. The first-order valence-electron chi connectivity index (χ1n) is 4.24. The summed E-state index contributed by atoms with van der Waals surface area (Å²) >= 11 is 5.72. The van der Waals surface area contributed by atoms with Crippen molar-refractivity contribution in [1.29, 1.82) is 0 Å². The summed E-state index contributed by atoms with van der Waals surface area (Å²) in [5, 5.41) is 8.94. The molecule has 1 aromatic rings. The Balaban J connectivity index is 3.23. The molecule has 0 saturated carbocycles. The third kappa shape index (κ3) is 2.15. The Morgan fingerprint density at radius 2 is 2.14 bits per heavy atom. The van der Waals surface area contributed by atoms with Gasteiger partial charge in [-0.15, -0.1) is 11.6 Å². The molecular formula is C11H11ClO2. The topological polar surface area (TPSA) is 37.3 Å². The smallest absolute Gasteiger partial charge is 0.335 e. The van der Waals surface area contributed by atoms with Crippen molar-refractivity contribution in [2.75, 3.05) is 0 Å². The van der Waals surface area contributed by atoms with E-state index in [1.54, 1.807) is 25.1 Å². The lowest BCUT2D eigenvalue weighted by molar-refractivity contribution is -0.130. The quantitative estimate of drug-likeness (QED) is 0.615. The van der Waals surface area contributed by atoms with Crippen LogP contribution < -0.4 is 0 Å². The number of hydrogen-bond donors (Lipinski definition) is 1. The van der Waals surface area contributed by atoms with Gasteiger partial charge in [0, 0.05) is 5.88 Å². The number of alkyl halides is 1. The van der Waals surface area contributed by atoms with Crippen LogP contribution >= 0.6 is 11.6 Å². The van der Waals surface area contributed by atoms with E-state index in [0.717, 1.165) is 5.56 Å². The van der Waals surface area contributed by atoms with Gasteiger partial charge in [0.2, 0.25) is 0 Å².